The minimum atomic E-state index is -4.62. The highest BCUT2D eigenvalue weighted by Crippen LogP contribution is 2.32. The Labute approximate surface area is 208 Å². The molecule has 4 atom stereocenters. The summed E-state index contributed by atoms with van der Waals surface area (Å²) in [6.07, 6.45) is -4.63. The summed E-state index contributed by atoms with van der Waals surface area (Å²) in [7, 11) is 0. The van der Waals surface area contributed by atoms with Crippen LogP contribution >= 0.6 is 0 Å². The third-order valence-electron chi connectivity index (χ3n) is 6.44. The van der Waals surface area contributed by atoms with E-state index in [1.807, 2.05) is 0 Å². The number of nitrogens with zero attached hydrogens (tertiary/aromatic N) is 1. The minimum absolute atomic E-state index is 0.274. The number of cyclic esters (lactones) is 1. The number of carbonyl (C=O) groups excluding carboxylic acids is 2. The standard InChI is InChI=1S/C26H34F3NO6/c1-15-7-6-8-18(26(27,28)29)9-10-21(16(2)11-19-12-17(3)36-30-19)35-24(34)14-23(33)25(4,5)22(32)13-20(15)31/h6-7,9,11-12,15,20-21,23,31,33H,8,10,13-14H2,1-5H3/b7-6+,16-11+,18-9+/t15?,20?,21-,23?/m0/s1. The summed E-state index contributed by atoms with van der Waals surface area (Å²) >= 11 is 0. The second-order valence-corrected chi connectivity index (χ2v) is 9.82. The number of ether oxygens (including phenoxy) is 1. The van der Waals surface area contributed by atoms with Gasteiger partial charge in [0, 0.05) is 35.8 Å². The van der Waals surface area contributed by atoms with E-state index in [9.17, 15) is 33.0 Å². The lowest BCUT2D eigenvalue weighted by atomic mass is 9.77. The molecule has 2 N–H and O–H groups in total. The predicted octanol–water partition coefficient (Wildman–Crippen LogP) is 4.87. The van der Waals surface area contributed by atoms with E-state index in [1.54, 1.807) is 32.9 Å². The number of carbonyl (C=O) groups is 2. The molecule has 0 saturated heterocycles. The highest BCUT2D eigenvalue weighted by atomic mass is 19.4. The summed E-state index contributed by atoms with van der Waals surface area (Å²) < 4.78 is 51.5. The highest BCUT2D eigenvalue weighted by Gasteiger charge is 2.39. The molecule has 200 valence electrons. The van der Waals surface area contributed by atoms with Crippen LogP contribution in [0.15, 0.2) is 40.0 Å². The Morgan fingerprint density at radius 2 is 1.89 bits per heavy atom. The van der Waals surface area contributed by atoms with Crippen molar-refractivity contribution in [3.05, 3.63) is 46.9 Å². The van der Waals surface area contributed by atoms with Crippen LogP contribution in [0.5, 0.6) is 0 Å². The van der Waals surface area contributed by atoms with E-state index in [0.29, 0.717) is 17.0 Å². The SMILES string of the molecule is C/C(=C\c1cc(C)on1)[C@@H]1C/C=C(/C(F)(F)F)C/C=C/C(C)C(O)CC(=O)C(C)(C)C(O)CC(=O)O1. The number of Topliss-reactive ketones (excluding diaryl/α,β-unsaturated/α-hetero) is 1. The number of alkyl halides is 3. The quantitative estimate of drug-likeness (QED) is 0.429. The van der Waals surface area contributed by atoms with E-state index in [0.717, 1.165) is 6.08 Å². The molecule has 10 heteroatoms. The lowest BCUT2D eigenvalue weighted by Crippen LogP contribution is -2.41. The van der Waals surface area contributed by atoms with Crippen LogP contribution < -0.4 is 0 Å². The first-order chi connectivity index (χ1) is 16.6. The Morgan fingerprint density at radius 3 is 2.47 bits per heavy atom. The van der Waals surface area contributed by atoms with Crippen molar-refractivity contribution in [2.24, 2.45) is 11.3 Å². The Bertz CT molecular complexity index is 1020. The number of aryl methyl sites for hydroxylation is 1. The summed E-state index contributed by atoms with van der Waals surface area (Å²) in [5.74, 6) is -1.42. The van der Waals surface area contributed by atoms with Crippen LogP contribution in [0.25, 0.3) is 6.08 Å². The zero-order valence-electron chi connectivity index (χ0n) is 21.1. The molecule has 0 bridgehead atoms. The molecule has 0 radical (unpaired) electrons. The zero-order valence-corrected chi connectivity index (χ0v) is 21.1. The molecule has 0 saturated carbocycles. The number of aromatic nitrogens is 1. The molecule has 1 aromatic rings. The molecule has 3 unspecified atom stereocenters. The number of ketones is 1. The highest BCUT2D eigenvalue weighted by molar-refractivity contribution is 5.86. The number of allylic oxidation sites excluding steroid dienone is 2. The van der Waals surface area contributed by atoms with E-state index in [-0.39, 0.29) is 12.8 Å². The van der Waals surface area contributed by atoms with Crippen LogP contribution in [0.4, 0.5) is 13.2 Å². The van der Waals surface area contributed by atoms with Crippen LogP contribution in [0.2, 0.25) is 0 Å². The van der Waals surface area contributed by atoms with Crippen LogP contribution in [-0.2, 0) is 14.3 Å². The van der Waals surface area contributed by atoms with Crippen LogP contribution in [0.3, 0.4) is 0 Å². The molecular weight excluding hydrogens is 479 g/mol. The Kier molecular flexibility index (Phi) is 9.85. The average molecular weight is 514 g/mol. The topological polar surface area (TPSA) is 110 Å². The van der Waals surface area contributed by atoms with Crippen molar-refractivity contribution in [3.8, 4) is 0 Å². The zero-order chi connectivity index (χ0) is 27.3. The molecule has 0 spiro atoms. The lowest BCUT2D eigenvalue weighted by molar-refractivity contribution is -0.153. The maximum absolute atomic E-state index is 13.7. The van der Waals surface area contributed by atoms with Gasteiger partial charge in [-0.25, -0.2) is 0 Å². The van der Waals surface area contributed by atoms with Crippen molar-refractivity contribution in [1.82, 2.24) is 5.16 Å². The van der Waals surface area contributed by atoms with E-state index in [2.05, 4.69) is 5.16 Å². The van der Waals surface area contributed by atoms with Crippen molar-refractivity contribution in [3.63, 3.8) is 0 Å². The van der Waals surface area contributed by atoms with E-state index in [1.165, 1.54) is 26.0 Å². The molecule has 0 fully saturated rings. The normalized spacial score (nSPS) is 29.8. The fraction of sp³-hybridized carbons (Fsp3) is 0.577. The fourth-order valence-corrected chi connectivity index (χ4v) is 3.65. The largest absolute Gasteiger partial charge is 0.457 e. The first-order valence-electron chi connectivity index (χ1n) is 11.7. The number of hydrogen-bond acceptors (Lipinski definition) is 7. The number of rotatable bonds is 2. The average Bonchev–Trinajstić information content (AvgIpc) is 3.17. The van der Waals surface area contributed by atoms with Gasteiger partial charge in [-0.05, 0) is 31.9 Å². The van der Waals surface area contributed by atoms with E-state index < -0.39 is 66.0 Å². The number of hydrogen-bond donors (Lipinski definition) is 2. The summed E-state index contributed by atoms with van der Waals surface area (Å²) in [6, 6.07) is 1.62. The van der Waals surface area contributed by atoms with Gasteiger partial charge >= 0.3 is 12.1 Å². The van der Waals surface area contributed by atoms with Gasteiger partial charge in [0.2, 0.25) is 0 Å². The Morgan fingerprint density at radius 1 is 1.22 bits per heavy atom. The maximum Gasteiger partial charge on any atom is 0.412 e. The fourth-order valence-electron chi connectivity index (χ4n) is 3.65. The molecular formula is C26H34F3NO6. The molecule has 2 rings (SSSR count). The van der Waals surface area contributed by atoms with Gasteiger partial charge in [-0.2, -0.15) is 13.2 Å². The summed E-state index contributed by atoms with van der Waals surface area (Å²) in [5.41, 5.74) is -1.36. The molecule has 0 amide bonds. The predicted molar refractivity (Wildman–Crippen MR) is 126 cm³/mol. The third kappa shape index (κ3) is 8.16. The van der Waals surface area contributed by atoms with Crippen LogP contribution in [-0.4, -0.2) is 51.6 Å². The first-order valence-corrected chi connectivity index (χ1v) is 11.7. The lowest BCUT2D eigenvalue weighted by Gasteiger charge is -2.30. The minimum Gasteiger partial charge on any atom is -0.457 e. The third-order valence-corrected chi connectivity index (χ3v) is 6.44. The summed E-state index contributed by atoms with van der Waals surface area (Å²) in [6.45, 7) is 7.80. The van der Waals surface area contributed by atoms with Crippen molar-refractivity contribution >= 4 is 17.8 Å². The molecule has 1 aliphatic heterocycles. The Hall–Kier alpha value is -2.72. The van der Waals surface area contributed by atoms with E-state index >= 15 is 0 Å². The van der Waals surface area contributed by atoms with Crippen LogP contribution in [0.1, 0.15) is 64.8 Å². The van der Waals surface area contributed by atoms with Crippen molar-refractivity contribution in [1.29, 1.82) is 0 Å². The van der Waals surface area contributed by atoms with Gasteiger partial charge in [0.25, 0.3) is 0 Å². The van der Waals surface area contributed by atoms with Crippen molar-refractivity contribution < 1.29 is 42.2 Å². The second kappa shape index (κ2) is 12.0. The number of aliphatic hydroxyl groups is 2. The van der Waals surface area contributed by atoms with Gasteiger partial charge < -0.3 is 19.5 Å². The number of aliphatic hydroxyl groups excluding tert-OH is 2. The molecule has 2 heterocycles. The molecule has 1 aliphatic rings. The van der Waals surface area contributed by atoms with E-state index in [4.69, 9.17) is 9.26 Å². The van der Waals surface area contributed by atoms with Crippen molar-refractivity contribution in [2.45, 2.75) is 84.8 Å². The first kappa shape index (κ1) is 29.5. The van der Waals surface area contributed by atoms with Gasteiger partial charge in [0.15, 0.2) is 0 Å². The molecule has 1 aromatic heterocycles. The van der Waals surface area contributed by atoms with Crippen LogP contribution in [0, 0.1) is 18.3 Å². The monoisotopic (exact) mass is 513 g/mol. The molecule has 0 aromatic carbocycles. The van der Waals surface area contributed by atoms with Crippen molar-refractivity contribution in [2.75, 3.05) is 0 Å². The van der Waals surface area contributed by atoms with Gasteiger partial charge in [0.1, 0.15) is 23.3 Å². The number of halogens is 3. The van der Waals surface area contributed by atoms with Gasteiger partial charge in [-0.15, -0.1) is 0 Å². The molecule has 0 aliphatic carbocycles. The molecule has 36 heavy (non-hydrogen) atoms. The Balaban J connectivity index is 2.46. The van der Waals surface area contributed by atoms with Gasteiger partial charge in [-0.3, -0.25) is 9.59 Å². The molecule has 7 nitrogen and oxygen atoms in total. The smallest absolute Gasteiger partial charge is 0.412 e. The van der Waals surface area contributed by atoms with Gasteiger partial charge in [0.05, 0.1) is 18.6 Å². The van der Waals surface area contributed by atoms with Gasteiger partial charge in [-0.1, -0.05) is 44.2 Å². The number of esters is 1. The maximum atomic E-state index is 13.7. The second-order valence-electron chi connectivity index (χ2n) is 9.82. The summed E-state index contributed by atoms with van der Waals surface area (Å²) in [4.78, 5) is 25.5. The summed E-state index contributed by atoms with van der Waals surface area (Å²) in [5, 5.41) is 24.8.